The number of rotatable bonds is 0. The highest BCUT2D eigenvalue weighted by molar-refractivity contribution is 5.90. The largest absolute Gasteiger partial charge is 0.0620 e. The maximum Gasteiger partial charge on any atom is 0.0149 e. The van der Waals surface area contributed by atoms with E-state index in [1.54, 1.807) is 5.56 Å². The van der Waals surface area contributed by atoms with E-state index in [2.05, 4.69) is 68.4 Å². The molecule has 5 rings (SSSR count). The van der Waals surface area contributed by atoms with Crippen LogP contribution in [0, 0.1) is 13.8 Å². The van der Waals surface area contributed by atoms with Gasteiger partial charge >= 0.3 is 0 Å². The van der Waals surface area contributed by atoms with E-state index in [0.29, 0.717) is 5.92 Å². The van der Waals surface area contributed by atoms with Gasteiger partial charge < -0.3 is 0 Å². The number of benzene rings is 3. The summed E-state index contributed by atoms with van der Waals surface area (Å²) in [6.07, 6.45) is 1.13. The van der Waals surface area contributed by atoms with Crippen LogP contribution in [0.3, 0.4) is 0 Å². The molecule has 0 saturated heterocycles. The lowest BCUT2D eigenvalue weighted by atomic mass is 9.76. The van der Waals surface area contributed by atoms with E-state index in [4.69, 9.17) is 0 Å². The molecule has 0 amide bonds. The van der Waals surface area contributed by atoms with Crippen molar-refractivity contribution in [3.8, 4) is 22.3 Å². The summed E-state index contributed by atoms with van der Waals surface area (Å²) in [6, 6.07) is 20.5. The Morgan fingerprint density at radius 1 is 0.818 bits per heavy atom. The van der Waals surface area contributed by atoms with Crippen LogP contribution in [0.25, 0.3) is 22.3 Å². The van der Waals surface area contributed by atoms with E-state index in [1.165, 1.54) is 44.5 Å². The molecule has 3 aromatic rings. The summed E-state index contributed by atoms with van der Waals surface area (Å²) in [6.45, 7) is 4.45. The van der Waals surface area contributed by atoms with Gasteiger partial charge in [0.15, 0.2) is 0 Å². The van der Waals surface area contributed by atoms with E-state index in [-0.39, 0.29) is 0 Å². The second-order valence-corrected chi connectivity index (χ2v) is 6.72. The summed E-state index contributed by atoms with van der Waals surface area (Å²) >= 11 is 0. The van der Waals surface area contributed by atoms with Crippen LogP contribution in [0.1, 0.15) is 33.7 Å². The molecule has 1 atom stereocenters. The molecular weight excluding hydrogens is 264 g/mol. The molecule has 1 unspecified atom stereocenters. The highest BCUT2D eigenvalue weighted by Gasteiger charge is 2.35. The van der Waals surface area contributed by atoms with Crippen LogP contribution in [0.15, 0.2) is 54.6 Å². The summed E-state index contributed by atoms with van der Waals surface area (Å²) in [4.78, 5) is 0. The van der Waals surface area contributed by atoms with Gasteiger partial charge in [-0.15, -0.1) is 0 Å². The van der Waals surface area contributed by atoms with Crippen molar-refractivity contribution in [3.63, 3.8) is 0 Å². The average molecular weight is 282 g/mol. The zero-order chi connectivity index (χ0) is 14.8. The first-order valence-electron chi connectivity index (χ1n) is 8.07. The Labute approximate surface area is 131 Å². The van der Waals surface area contributed by atoms with Gasteiger partial charge in [-0.3, -0.25) is 0 Å². The lowest BCUT2D eigenvalue weighted by Crippen LogP contribution is -2.10. The van der Waals surface area contributed by atoms with Crippen molar-refractivity contribution in [1.29, 1.82) is 0 Å². The molecular formula is C22H18. The summed E-state index contributed by atoms with van der Waals surface area (Å²) in [5.74, 6) is 0.537. The smallest absolute Gasteiger partial charge is 0.0149 e. The molecule has 0 N–H and O–H groups in total. The molecule has 0 aromatic heterocycles. The fourth-order valence-corrected chi connectivity index (χ4v) is 4.43. The van der Waals surface area contributed by atoms with Crippen molar-refractivity contribution in [2.24, 2.45) is 0 Å². The molecule has 22 heavy (non-hydrogen) atoms. The van der Waals surface area contributed by atoms with Crippen molar-refractivity contribution >= 4 is 0 Å². The number of hydrogen-bond acceptors (Lipinski definition) is 0. The minimum absolute atomic E-state index is 0.537. The topological polar surface area (TPSA) is 0 Å². The van der Waals surface area contributed by atoms with Crippen molar-refractivity contribution in [2.75, 3.05) is 0 Å². The maximum absolute atomic E-state index is 2.40. The van der Waals surface area contributed by atoms with Gasteiger partial charge in [0.05, 0.1) is 0 Å². The Kier molecular flexibility index (Phi) is 2.28. The molecule has 2 aliphatic rings. The first-order valence-corrected chi connectivity index (χ1v) is 8.07. The first-order chi connectivity index (χ1) is 10.7. The fourth-order valence-electron chi connectivity index (χ4n) is 4.43. The van der Waals surface area contributed by atoms with Crippen molar-refractivity contribution in [2.45, 2.75) is 26.2 Å². The van der Waals surface area contributed by atoms with Gasteiger partial charge in [-0.05, 0) is 64.8 Å². The standard InChI is InChI=1S/C22H18/c1-13-7-9-17-18-10-8-14(2)21-16-6-4-3-5-15(16)12-20(22(18)21)19(17)11-13/h3-11,20H,12H2,1-2H3. The summed E-state index contributed by atoms with van der Waals surface area (Å²) < 4.78 is 0. The molecule has 0 saturated carbocycles. The Morgan fingerprint density at radius 2 is 1.64 bits per heavy atom. The molecule has 0 heteroatoms. The van der Waals surface area contributed by atoms with Gasteiger partial charge in [-0.25, -0.2) is 0 Å². The minimum Gasteiger partial charge on any atom is -0.0620 e. The molecule has 0 radical (unpaired) electrons. The van der Waals surface area contributed by atoms with Crippen LogP contribution < -0.4 is 0 Å². The Hall–Kier alpha value is -2.34. The van der Waals surface area contributed by atoms with Crippen LogP contribution in [0.5, 0.6) is 0 Å². The molecule has 0 heterocycles. The third-order valence-corrected chi connectivity index (χ3v) is 5.39. The van der Waals surface area contributed by atoms with Crippen molar-refractivity contribution in [3.05, 3.63) is 82.4 Å². The normalized spacial score (nSPS) is 16.9. The van der Waals surface area contributed by atoms with Crippen LogP contribution in [0.2, 0.25) is 0 Å². The zero-order valence-corrected chi connectivity index (χ0v) is 13.0. The highest BCUT2D eigenvalue weighted by Crippen LogP contribution is 2.54. The van der Waals surface area contributed by atoms with Gasteiger partial charge in [0.1, 0.15) is 0 Å². The van der Waals surface area contributed by atoms with Gasteiger partial charge in [-0.1, -0.05) is 60.2 Å². The van der Waals surface area contributed by atoms with E-state index in [0.717, 1.165) is 6.42 Å². The van der Waals surface area contributed by atoms with Gasteiger partial charge in [0.25, 0.3) is 0 Å². The van der Waals surface area contributed by atoms with E-state index >= 15 is 0 Å². The fraction of sp³-hybridized carbons (Fsp3) is 0.182. The molecule has 106 valence electrons. The molecule has 0 nitrogen and oxygen atoms in total. The van der Waals surface area contributed by atoms with Gasteiger partial charge in [0.2, 0.25) is 0 Å². The van der Waals surface area contributed by atoms with E-state index < -0.39 is 0 Å². The third kappa shape index (κ3) is 1.42. The van der Waals surface area contributed by atoms with Crippen LogP contribution in [-0.4, -0.2) is 0 Å². The lowest BCUT2D eigenvalue weighted by molar-refractivity contribution is 0.813. The SMILES string of the molecule is Cc1ccc2c(c1)C1Cc3ccccc3-c3c(C)ccc-2c31. The molecule has 0 aliphatic heterocycles. The van der Waals surface area contributed by atoms with Gasteiger partial charge in [0, 0.05) is 5.92 Å². The Balaban J connectivity index is 1.91. The predicted octanol–water partition coefficient (Wildman–Crippen LogP) is 5.64. The Bertz CT molecular complexity index is 931. The summed E-state index contributed by atoms with van der Waals surface area (Å²) in [5.41, 5.74) is 13.2. The molecule has 2 aliphatic carbocycles. The van der Waals surface area contributed by atoms with Crippen LogP contribution >= 0.6 is 0 Å². The lowest BCUT2D eigenvalue weighted by Gasteiger charge is -2.27. The van der Waals surface area contributed by atoms with E-state index in [1.807, 2.05) is 0 Å². The van der Waals surface area contributed by atoms with E-state index in [9.17, 15) is 0 Å². The molecule has 0 bridgehead atoms. The van der Waals surface area contributed by atoms with Gasteiger partial charge in [-0.2, -0.15) is 0 Å². The quantitative estimate of drug-likeness (QED) is 0.500. The number of aryl methyl sites for hydroxylation is 2. The Morgan fingerprint density at radius 3 is 2.55 bits per heavy atom. The van der Waals surface area contributed by atoms with Crippen LogP contribution in [0.4, 0.5) is 0 Å². The number of fused-ring (bicyclic) bond motifs is 5. The summed E-state index contributed by atoms with van der Waals surface area (Å²) in [7, 11) is 0. The van der Waals surface area contributed by atoms with Crippen molar-refractivity contribution < 1.29 is 0 Å². The third-order valence-electron chi connectivity index (χ3n) is 5.39. The average Bonchev–Trinajstić information content (AvgIpc) is 2.84. The predicted molar refractivity (Wildman–Crippen MR) is 92.3 cm³/mol. The van der Waals surface area contributed by atoms with Crippen molar-refractivity contribution in [1.82, 2.24) is 0 Å². The first kappa shape index (κ1) is 12.2. The molecule has 0 spiro atoms. The zero-order valence-electron chi connectivity index (χ0n) is 13.0. The molecule has 0 fully saturated rings. The maximum atomic E-state index is 2.40. The number of hydrogen-bond donors (Lipinski definition) is 0. The van der Waals surface area contributed by atoms with Crippen LogP contribution in [-0.2, 0) is 6.42 Å². The summed E-state index contributed by atoms with van der Waals surface area (Å²) in [5, 5.41) is 0. The minimum atomic E-state index is 0.537. The second-order valence-electron chi connectivity index (χ2n) is 6.72. The highest BCUT2D eigenvalue weighted by atomic mass is 14.4. The second kappa shape index (κ2) is 4.10. The molecule has 3 aromatic carbocycles. The monoisotopic (exact) mass is 282 g/mol.